The van der Waals surface area contributed by atoms with Crippen LogP contribution in [0.2, 0.25) is 0 Å². The van der Waals surface area contributed by atoms with Gasteiger partial charge in [-0.2, -0.15) is 0 Å². The zero-order valence-electron chi connectivity index (χ0n) is 14.9. The van der Waals surface area contributed by atoms with Crippen LogP contribution in [0.15, 0.2) is 0 Å². The van der Waals surface area contributed by atoms with Crippen LogP contribution in [0.4, 0.5) is 0 Å². The summed E-state index contributed by atoms with van der Waals surface area (Å²) < 4.78 is 0. The molecule has 0 heterocycles. The Morgan fingerprint density at radius 2 is 1.90 bits per heavy atom. The highest BCUT2D eigenvalue weighted by atomic mass is 16.4. The lowest BCUT2D eigenvalue weighted by atomic mass is 9.65. The third-order valence-corrected chi connectivity index (χ3v) is 5.63. The molecular weight excluding hydrogens is 262 g/mol. The van der Waals surface area contributed by atoms with Gasteiger partial charge in [-0.05, 0) is 43.1 Å². The van der Waals surface area contributed by atoms with Crippen LogP contribution in [-0.4, -0.2) is 35.1 Å². The van der Waals surface area contributed by atoms with Gasteiger partial charge in [0.1, 0.15) is 0 Å². The summed E-state index contributed by atoms with van der Waals surface area (Å²) in [5, 5.41) is 9.61. The van der Waals surface area contributed by atoms with Crippen LogP contribution < -0.4 is 0 Å². The van der Waals surface area contributed by atoms with Gasteiger partial charge in [-0.15, -0.1) is 0 Å². The minimum atomic E-state index is -0.602. The Kier molecular flexibility index (Phi) is 6.71. The molecule has 1 rings (SSSR count). The van der Waals surface area contributed by atoms with Gasteiger partial charge in [-0.3, -0.25) is 9.69 Å². The molecule has 124 valence electrons. The molecule has 1 N–H and O–H groups in total. The maximum atomic E-state index is 11.7. The Morgan fingerprint density at radius 3 is 2.33 bits per heavy atom. The second-order valence-corrected chi connectivity index (χ2v) is 7.85. The largest absolute Gasteiger partial charge is 0.481 e. The molecule has 0 bridgehead atoms. The highest BCUT2D eigenvalue weighted by Crippen LogP contribution is 2.43. The highest BCUT2D eigenvalue weighted by molar-refractivity contribution is 5.71. The Balaban J connectivity index is 2.92. The van der Waals surface area contributed by atoms with Crippen molar-refractivity contribution in [1.29, 1.82) is 0 Å². The van der Waals surface area contributed by atoms with E-state index >= 15 is 0 Å². The van der Waals surface area contributed by atoms with Crippen LogP contribution in [-0.2, 0) is 4.79 Å². The molecule has 0 radical (unpaired) electrons. The summed E-state index contributed by atoms with van der Waals surface area (Å²) in [7, 11) is 0. The molecule has 0 aromatic heterocycles. The van der Waals surface area contributed by atoms with Crippen molar-refractivity contribution in [3.05, 3.63) is 0 Å². The van der Waals surface area contributed by atoms with Crippen molar-refractivity contribution in [2.75, 3.05) is 13.1 Å². The maximum absolute atomic E-state index is 11.7. The summed E-state index contributed by atoms with van der Waals surface area (Å²) in [4.78, 5) is 14.1. The first kappa shape index (κ1) is 18.5. The van der Waals surface area contributed by atoms with Crippen LogP contribution in [0.3, 0.4) is 0 Å². The Bertz CT molecular complexity index is 338. The van der Waals surface area contributed by atoms with E-state index in [2.05, 4.69) is 46.4 Å². The fourth-order valence-electron chi connectivity index (χ4n) is 3.80. The topological polar surface area (TPSA) is 40.5 Å². The van der Waals surface area contributed by atoms with Crippen LogP contribution >= 0.6 is 0 Å². The number of hydrogen-bond acceptors (Lipinski definition) is 2. The van der Waals surface area contributed by atoms with E-state index < -0.39 is 5.97 Å². The first-order chi connectivity index (χ1) is 9.72. The van der Waals surface area contributed by atoms with Crippen molar-refractivity contribution in [3.63, 3.8) is 0 Å². The van der Waals surface area contributed by atoms with Crippen molar-refractivity contribution in [2.45, 2.75) is 73.3 Å². The monoisotopic (exact) mass is 297 g/mol. The summed E-state index contributed by atoms with van der Waals surface area (Å²) in [5.41, 5.74) is 0.318. The van der Waals surface area contributed by atoms with Gasteiger partial charge in [-0.25, -0.2) is 0 Å². The fourth-order valence-corrected chi connectivity index (χ4v) is 3.80. The van der Waals surface area contributed by atoms with Gasteiger partial charge in [-0.1, -0.05) is 48.0 Å². The predicted octanol–water partition coefficient (Wildman–Crippen LogP) is 4.27. The third-order valence-electron chi connectivity index (χ3n) is 5.63. The van der Waals surface area contributed by atoms with Gasteiger partial charge in [0.2, 0.25) is 0 Å². The van der Waals surface area contributed by atoms with Crippen molar-refractivity contribution < 1.29 is 9.90 Å². The van der Waals surface area contributed by atoms with E-state index in [4.69, 9.17) is 0 Å². The number of hydrogen-bond donors (Lipinski definition) is 1. The quantitative estimate of drug-likeness (QED) is 0.763. The fraction of sp³-hybridized carbons (Fsp3) is 0.944. The summed E-state index contributed by atoms with van der Waals surface area (Å²) >= 11 is 0. The average Bonchev–Trinajstić information content (AvgIpc) is 2.43. The van der Waals surface area contributed by atoms with E-state index in [0.717, 1.165) is 32.4 Å². The lowest BCUT2D eigenvalue weighted by Crippen LogP contribution is -2.50. The van der Waals surface area contributed by atoms with Crippen molar-refractivity contribution in [3.8, 4) is 0 Å². The second-order valence-electron chi connectivity index (χ2n) is 7.85. The van der Waals surface area contributed by atoms with E-state index in [0.29, 0.717) is 17.3 Å². The zero-order valence-corrected chi connectivity index (χ0v) is 14.9. The molecule has 0 aromatic rings. The maximum Gasteiger partial charge on any atom is 0.308 e. The van der Waals surface area contributed by atoms with E-state index in [9.17, 15) is 9.90 Å². The molecule has 0 saturated heterocycles. The molecule has 0 spiro atoms. The van der Waals surface area contributed by atoms with Gasteiger partial charge in [0.15, 0.2) is 0 Å². The van der Waals surface area contributed by atoms with Crippen LogP contribution in [0.1, 0.15) is 67.2 Å². The Labute approximate surface area is 131 Å². The smallest absolute Gasteiger partial charge is 0.308 e. The first-order valence-corrected chi connectivity index (χ1v) is 8.69. The van der Waals surface area contributed by atoms with Gasteiger partial charge in [0.05, 0.1) is 5.92 Å². The van der Waals surface area contributed by atoms with Crippen molar-refractivity contribution >= 4 is 5.97 Å². The minimum Gasteiger partial charge on any atom is -0.481 e. The molecule has 3 unspecified atom stereocenters. The average molecular weight is 297 g/mol. The molecule has 21 heavy (non-hydrogen) atoms. The minimum absolute atomic E-state index is 0.187. The van der Waals surface area contributed by atoms with Crippen LogP contribution in [0, 0.1) is 23.2 Å². The third kappa shape index (κ3) is 4.70. The number of carboxylic acid groups (broad SMARTS) is 1. The summed E-state index contributed by atoms with van der Waals surface area (Å²) in [6, 6.07) is 0.208. The van der Waals surface area contributed by atoms with E-state index in [1.807, 2.05) is 0 Å². The van der Waals surface area contributed by atoms with E-state index in [1.54, 1.807) is 0 Å². The molecule has 3 atom stereocenters. The molecular formula is C18H35NO2. The van der Waals surface area contributed by atoms with Crippen molar-refractivity contribution in [2.24, 2.45) is 23.2 Å². The number of nitrogens with zero attached hydrogens (tertiary/aromatic N) is 1. The Hall–Kier alpha value is -0.570. The van der Waals surface area contributed by atoms with Crippen LogP contribution in [0.5, 0.6) is 0 Å². The summed E-state index contributed by atoms with van der Waals surface area (Å²) in [5.74, 6) is 0.436. The number of rotatable bonds is 7. The zero-order chi connectivity index (χ0) is 16.2. The van der Waals surface area contributed by atoms with Gasteiger partial charge in [0.25, 0.3) is 0 Å². The highest BCUT2D eigenvalue weighted by Gasteiger charge is 2.42. The van der Waals surface area contributed by atoms with Gasteiger partial charge in [0, 0.05) is 12.6 Å². The SMILES string of the molecule is CCN(CC(C)C)C1CC(C(C)(C)CC)CCC1C(=O)O. The number of aliphatic carboxylic acids is 1. The van der Waals surface area contributed by atoms with Crippen LogP contribution in [0.25, 0.3) is 0 Å². The Morgan fingerprint density at radius 1 is 1.29 bits per heavy atom. The molecule has 0 amide bonds. The molecule has 1 saturated carbocycles. The van der Waals surface area contributed by atoms with Crippen molar-refractivity contribution in [1.82, 2.24) is 4.90 Å². The van der Waals surface area contributed by atoms with E-state index in [-0.39, 0.29) is 12.0 Å². The number of carboxylic acids is 1. The second kappa shape index (κ2) is 7.62. The molecule has 3 heteroatoms. The molecule has 1 fully saturated rings. The predicted molar refractivity (Wildman–Crippen MR) is 88.4 cm³/mol. The number of carbonyl (C=O) groups is 1. The van der Waals surface area contributed by atoms with E-state index in [1.165, 1.54) is 6.42 Å². The normalized spacial score (nSPS) is 27.3. The van der Waals surface area contributed by atoms with Gasteiger partial charge >= 0.3 is 5.97 Å². The molecule has 0 aliphatic heterocycles. The standard InChI is InChI=1S/C18H35NO2/c1-7-18(5,6)14-9-10-15(17(20)21)16(11-14)19(8-2)12-13(3)4/h13-16H,7-12H2,1-6H3,(H,20,21). The molecule has 1 aliphatic rings. The lowest BCUT2D eigenvalue weighted by Gasteiger charge is -2.46. The van der Waals surface area contributed by atoms with Gasteiger partial charge < -0.3 is 5.11 Å². The summed E-state index contributed by atoms with van der Waals surface area (Å²) in [6.07, 6.45) is 4.10. The lowest BCUT2D eigenvalue weighted by molar-refractivity contribution is -0.147. The molecule has 3 nitrogen and oxygen atoms in total. The molecule has 0 aromatic carbocycles. The molecule has 1 aliphatic carbocycles. The first-order valence-electron chi connectivity index (χ1n) is 8.69. The summed E-state index contributed by atoms with van der Waals surface area (Å²) in [6.45, 7) is 15.5.